The van der Waals surface area contributed by atoms with Crippen molar-refractivity contribution in [1.82, 2.24) is 0 Å². The number of carbonyl (C=O) groups is 1. The van der Waals surface area contributed by atoms with Crippen LogP contribution in [0.2, 0.25) is 0 Å². The summed E-state index contributed by atoms with van der Waals surface area (Å²) in [6.07, 6.45) is 18.9. The molecule has 3 nitrogen and oxygen atoms in total. The van der Waals surface area contributed by atoms with Crippen LogP contribution in [-0.4, -0.2) is 23.8 Å². The maximum absolute atomic E-state index is 11.2. The first-order valence-corrected chi connectivity index (χ1v) is 10.6. The Morgan fingerprint density at radius 2 is 1.44 bits per heavy atom. The first-order valence-electron chi connectivity index (χ1n) is 10.6. The number of hydrogen-bond acceptors (Lipinski definition) is 3. The molecule has 0 aliphatic heterocycles. The number of aliphatic hydroxyl groups excluding tert-OH is 1. The smallest absolute Gasteiger partial charge is 0.305 e. The van der Waals surface area contributed by atoms with Crippen molar-refractivity contribution in [3.05, 3.63) is 12.2 Å². The lowest BCUT2D eigenvalue weighted by molar-refractivity contribution is -0.143. The number of unbranched alkanes of at least 4 members (excludes halogenated alkanes) is 10. The second kappa shape index (κ2) is 18.0. The van der Waals surface area contributed by atoms with Crippen molar-refractivity contribution in [3.8, 4) is 0 Å². The van der Waals surface area contributed by atoms with E-state index in [0.29, 0.717) is 18.9 Å². The number of rotatable bonds is 17. The monoisotopic (exact) mass is 354 g/mol. The molecule has 0 saturated carbocycles. The molecule has 0 amide bonds. The summed E-state index contributed by atoms with van der Waals surface area (Å²) in [5.41, 5.74) is 0. The second-order valence-electron chi connectivity index (χ2n) is 7.50. The molecule has 0 rings (SSSR count). The Morgan fingerprint density at radius 3 is 1.96 bits per heavy atom. The average Bonchev–Trinajstić information content (AvgIpc) is 2.54. The standard InChI is InChI=1S/C22H42O3/c1-4-25-22(24)18-16-14-12-10-8-6-5-7-9-11-13-15-17-21(23)19-20(2)3/h15,17,20-21,23H,4-14,16,18-19H2,1-3H3/b17-15-. The van der Waals surface area contributed by atoms with Gasteiger partial charge in [-0.1, -0.05) is 77.4 Å². The molecule has 0 aliphatic rings. The summed E-state index contributed by atoms with van der Waals surface area (Å²) >= 11 is 0. The number of carbonyl (C=O) groups excluding carboxylic acids is 1. The number of aliphatic hydroxyl groups is 1. The number of ether oxygens (including phenoxy) is 1. The van der Waals surface area contributed by atoms with E-state index in [2.05, 4.69) is 19.9 Å². The summed E-state index contributed by atoms with van der Waals surface area (Å²) in [5.74, 6) is 0.504. The predicted molar refractivity (Wildman–Crippen MR) is 107 cm³/mol. The minimum atomic E-state index is -0.266. The Kier molecular flexibility index (Phi) is 17.4. The van der Waals surface area contributed by atoms with Crippen molar-refractivity contribution < 1.29 is 14.6 Å². The molecule has 1 atom stereocenters. The van der Waals surface area contributed by atoms with Gasteiger partial charge in [0, 0.05) is 6.42 Å². The first-order chi connectivity index (χ1) is 12.1. The summed E-state index contributed by atoms with van der Waals surface area (Å²) in [7, 11) is 0. The molecule has 3 heteroatoms. The van der Waals surface area contributed by atoms with Gasteiger partial charge < -0.3 is 9.84 Å². The number of allylic oxidation sites excluding steroid dienone is 1. The van der Waals surface area contributed by atoms with E-state index < -0.39 is 0 Å². The van der Waals surface area contributed by atoms with E-state index in [9.17, 15) is 9.90 Å². The lowest BCUT2D eigenvalue weighted by Crippen LogP contribution is -2.05. The van der Waals surface area contributed by atoms with Crippen molar-refractivity contribution in [3.63, 3.8) is 0 Å². The van der Waals surface area contributed by atoms with Gasteiger partial charge in [0.15, 0.2) is 0 Å². The van der Waals surface area contributed by atoms with Gasteiger partial charge in [-0.05, 0) is 38.5 Å². The van der Waals surface area contributed by atoms with Gasteiger partial charge in [-0.2, -0.15) is 0 Å². The van der Waals surface area contributed by atoms with E-state index in [-0.39, 0.29) is 12.1 Å². The van der Waals surface area contributed by atoms with Crippen LogP contribution in [0.5, 0.6) is 0 Å². The van der Waals surface area contributed by atoms with Crippen molar-refractivity contribution in [1.29, 1.82) is 0 Å². The molecule has 148 valence electrons. The fourth-order valence-corrected chi connectivity index (χ4v) is 2.99. The fourth-order valence-electron chi connectivity index (χ4n) is 2.99. The lowest BCUT2D eigenvalue weighted by atomic mass is 10.0. The van der Waals surface area contributed by atoms with Crippen LogP contribution in [0.1, 0.15) is 104 Å². The van der Waals surface area contributed by atoms with Gasteiger partial charge in [-0.15, -0.1) is 0 Å². The molecule has 0 aromatic heterocycles. The Bertz CT molecular complexity index is 323. The average molecular weight is 355 g/mol. The maximum atomic E-state index is 11.2. The molecule has 1 N–H and O–H groups in total. The fraction of sp³-hybridized carbons (Fsp3) is 0.864. The zero-order valence-electron chi connectivity index (χ0n) is 17.0. The largest absolute Gasteiger partial charge is 0.466 e. The van der Waals surface area contributed by atoms with Gasteiger partial charge in [-0.3, -0.25) is 4.79 Å². The molecular formula is C22H42O3. The molecule has 0 fully saturated rings. The van der Waals surface area contributed by atoms with Crippen LogP contribution in [-0.2, 0) is 9.53 Å². The zero-order chi connectivity index (χ0) is 18.8. The van der Waals surface area contributed by atoms with E-state index >= 15 is 0 Å². The normalized spacial score (nSPS) is 12.8. The number of esters is 1. The number of hydrogen-bond donors (Lipinski definition) is 1. The quantitative estimate of drug-likeness (QED) is 0.192. The molecular weight excluding hydrogens is 312 g/mol. The van der Waals surface area contributed by atoms with Crippen molar-refractivity contribution in [2.75, 3.05) is 6.61 Å². The van der Waals surface area contributed by atoms with Gasteiger partial charge in [0.2, 0.25) is 0 Å². The van der Waals surface area contributed by atoms with Crippen LogP contribution in [0.3, 0.4) is 0 Å². The third-order valence-electron chi connectivity index (χ3n) is 4.38. The van der Waals surface area contributed by atoms with E-state index in [1.807, 2.05) is 13.0 Å². The van der Waals surface area contributed by atoms with Crippen LogP contribution in [0.25, 0.3) is 0 Å². The molecule has 0 heterocycles. The lowest BCUT2D eigenvalue weighted by Gasteiger charge is -2.07. The topological polar surface area (TPSA) is 46.5 Å². The summed E-state index contributed by atoms with van der Waals surface area (Å²) < 4.78 is 4.92. The molecule has 25 heavy (non-hydrogen) atoms. The predicted octanol–water partition coefficient (Wildman–Crippen LogP) is 6.19. The van der Waals surface area contributed by atoms with Crippen LogP contribution in [0.15, 0.2) is 12.2 Å². The van der Waals surface area contributed by atoms with Crippen LogP contribution >= 0.6 is 0 Å². The van der Waals surface area contributed by atoms with E-state index in [4.69, 9.17) is 4.74 Å². The van der Waals surface area contributed by atoms with Crippen molar-refractivity contribution in [2.24, 2.45) is 5.92 Å². The van der Waals surface area contributed by atoms with Gasteiger partial charge >= 0.3 is 5.97 Å². The van der Waals surface area contributed by atoms with E-state index in [1.54, 1.807) is 0 Å². The highest BCUT2D eigenvalue weighted by Crippen LogP contribution is 2.13. The van der Waals surface area contributed by atoms with E-state index in [0.717, 1.165) is 25.7 Å². The Hall–Kier alpha value is -0.830. The van der Waals surface area contributed by atoms with Gasteiger partial charge in [0.05, 0.1) is 12.7 Å². The third-order valence-corrected chi connectivity index (χ3v) is 4.38. The molecule has 0 aromatic rings. The molecule has 0 spiro atoms. The van der Waals surface area contributed by atoms with Gasteiger partial charge in [-0.25, -0.2) is 0 Å². The maximum Gasteiger partial charge on any atom is 0.305 e. The minimum Gasteiger partial charge on any atom is -0.466 e. The molecule has 0 aromatic carbocycles. The van der Waals surface area contributed by atoms with Crippen molar-refractivity contribution >= 4 is 5.97 Å². The van der Waals surface area contributed by atoms with E-state index in [1.165, 1.54) is 51.4 Å². The van der Waals surface area contributed by atoms with Gasteiger partial charge in [0.25, 0.3) is 0 Å². The molecule has 0 bridgehead atoms. The second-order valence-corrected chi connectivity index (χ2v) is 7.50. The van der Waals surface area contributed by atoms with Crippen LogP contribution < -0.4 is 0 Å². The summed E-state index contributed by atoms with van der Waals surface area (Å²) in [5, 5.41) is 9.74. The minimum absolute atomic E-state index is 0.0493. The Labute approximate surface area is 156 Å². The SMILES string of the molecule is CCOC(=O)CCCCCCCCCCCC/C=C\C(O)CC(C)C. The highest BCUT2D eigenvalue weighted by atomic mass is 16.5. The highest BCUT2D eigenvalue weighted by molar-refractivity contribution is 5.69. The van der Waals surface area contributed by atoms with Crippen molar-refractivity contribution in [2.45, 2.75) is 110 Å². The zero-order valence-corrected chi connectivity index (χ0v) is 17.0. The molecule has 0 radical (unpaired) electrons. The van der Waals surface area contributed by atoms with Gasteiger partial charge in [0.1, 0.15) is 0 Å². The Balaban J connectivity index is 3.21. The molecule has 1 unspecified atom stereocenters. The first kappa shape index (κ1) is 24.2. The van der Waals surface area contributed by atoms with Crippen LogP contribution in [0.4, 0.5) is 0 Å². The summed E-state index contributed by atoms with van der Waals surface area (Å²) in [6, 6.07) is 0. The highest BCUT2D eigenvalue weighted by Gasteiger charge is 2.02. The van der Waals surface area contributed by atoms with Crippen LogP contribution in [0, 0.1) is 5.92 Å². The molecule has 0 aliphatic carbocycles. The Morgan fingerprint density at radius 1 is 0.920 bits per heavy atom. The molecule has 0 saturated heterocycles. The summed E-state index contributed by atoms with van der Waals surface area (Å²) in [6.45, 7) is 6.63. The summed E-state index contributed by atoms with van der Waals surface area (Å²) in [4.78, 5) is 11.2. The third kappa shape index (κ3) is 19.3.